The molecule has 1 N–H and O–H groups in total. The van der Waals surface area contributed by atoms with Gasteiger partial charge in [0.25, 0.3) is 0 Å². The van der Waals surface area contributed by atoms with Crippen LogP contribution in [0.5, 0.6) is 0 Å². The van der Waals surface area contributed by atoms with Gasteiger partial charge < -0.3 is 4.74 Å². The summed E-state index contributed by atoms with van der Waals surface area (Å²) in [7, 11) is 0. The van der Waals surface area contributed by atoms with Gasteiger partial charge in [-0.1, -0.05) is 13.8 Å². The number of piperidine rings is 1. The largest absolute Gasteiger partial charge is 0.319 e. The van der Waals surface area contributed by atoms with Crippen LogP contribution >= 0.6 is 0 Å². The molecule has 7 nitrogen and oxygen atoms in total. The van der Waals surface area contributed by atoms with Gasteiger partial charge in [-0.25, -0.2) is 14.8 Å². The molecule has 0 aromatic heterocycles. The van der Waals surface area contributed by atoms with Gasteiger partial charge in [-0.15, -0.1) is 0 Å². The SMILES string of the molecule is C[C@@H]1CC[C@H]2[C@@H](C)C(=O)N(NC(=O)CC34CC5CC(CC(C5)C3)C4)[C@@H]3OC4(C)CC[C@@H]1[C@@]23OO4. The lowest BCUT2D eigenvalue weighted by Crippen LogP contribution is -2.77. The highest BCUT2D eigenvalue weighted by Crippen LogP contribution is 2.62. The van der Waals surface area contributed by atoms with Crippen LogP contribution in [0.25, 0.3) is 0 Å². The second-order valence-corrected chi connectivity index (χ2v) is 13.6. The van der Waals surface area contributed by atoms with Gasteiger partial charge in [-0.05, 0) is 99.7 Å². The van der Waals surface area contributed by atoms with Crippen LogP contribution in [0.4, 0.5) is 0 Å². The van der Waals surface area contributed by atoms with Gasteiger partial charge in [0.05, 0.1) is 0 Å². The van der Waals surface area contributed by atoms with Crippen LogP contribution in [0.1, 0.15) is 91.4 Å². The first-order chi connectivity index (χ1) is 16.2. The first kappa shape index (κ1) is 22.1. The Balaban J connectivity index is 1.18. The quantitative estimate of drug-likeness (QED) is 0.619. The Kier molecular flexibility index (Phi) is 4.67. The van der Waals surface area contributed by atoms with E-state index in [9.17, 15) is 9.59 Å². The molecule has 1 unspecified atom stereocenters. The molecule has 0 aromatic rings. The number of carbonyl (C=O) groups excluding carboxylic acids is 2. The van der Waals surface area contributed by atoms with Crippen molar-refractivity contribution < 1.29 is 24.1 Å². The van der Waals surface area contributed by atoms with Gasteiger partial charge in [0.1, 0.15) is 0 Å². The maximum absolute atomic E-state index is 13.7. The number of amides is 2. The summed E-state index contributed by atoms with van der Waals surface area (Å²) in [6.45, 7) is 6.17. The van der Waals surface area contributed by atoms with E-state index in [0.29, 0.717) is 12.3 Å². The van der Waals surface area contributed by atoms with Crippen molar-refractivity contribution in [2.24, 2.45) is 46.8 Å². The number of fused-ring (bicyclic) bond motifs is 2. The highest BCUT2D eigenvalue weighted by atomic mass is 17.3. The van der Waals surface area contributed by atoms with E-state index >= 15 is 0 Å². The Hall–Kier alpha value is -1.18. The second-order valence-electron chi connectivity index (χ2n) is 13.6. The topological polar surface area (TPSA) is 77.1 Å². The van der Waals surface area contributed by atoms with Crippen molar-refractivity contribution in [3.05, 3.63) is 0 Å². The van der Waals surface area contributed by atoms with Crippen molar-refractivity contribution in [2.75, 3.05) is 0 Å². The fraction of sp³-hybridized carbons (Fsp3) is 0.926. The number of carbonyl (C=O) groups is 2. The molecule has 188 valence electrons. The average molecular weight is 473 g/mol. The van der Waals surface area contributed by atoms with Gasteiger partial charge in [0.2, 0.25) is 17.6 Å². The third kappa shape index (κ3) is 2.98. The zero-order chi connectivity index (χ0) is 23.5. The van der Waals surface area contributed by atoms with Gasteiger partial charge >= 0.3 is 0 Å². The van der Waals surface area contributed by atoms with E-state index < -0.39 is 17.6 Å². The van der Waals surface area contributed by atoms with Crippen LogP contribution in [0, 0.1) is 46.8 Å². The number of hydrazine groups is 1. The van der Waals surface area contributed by atoms with Crippen LogP contribution < -0.4 is 5.43 Å². The summed E-state index contributed by atoms with van der Waals surface area (Å²) in [5.74, 6) is 1.88. The normalized spacial score (nSPS) is 55.1. The Bertz CT molecular complexity index is 872. The Labute approximate surface area is 202 Å². The molecule has 5 saturated carbocycles. The summed E-state index contributed by atoms with van der Waals surface area (Å²) in [6.07, 6.45) is 11.2. The summed E-state index contributed by atoms with van der Waals surface area (Å²) in [6, 6.07) is 0. The van der Waals surface area contributed by atoms with Crippen molar-refractivity contribution >= 4 is 11.8 Å². The second kappa shape index (κ2) is 7.19. The summed E-state index contributed by atoms with van der Waals surface area (Å²) in [5.41, 5.74) is 2.49. The molecule has 7 heteroatoms. The predicted molar refractivity (Wildman–Crippen MR) is 122 cm³/mol. The van der Waals surface area contributed by atoms with E-state index in [1.807, 2.05) is 13.8 Å². The summed E-state index contributed by atoms with van der Waals surface area (Å²) in [5, 5.41) is 1.53. The Morgan fingerprint density at radius 1 is 1.00 bits per heavy atom. The molecule has 6 bridgehead atoms. The lowest BCUT2D eigenvalue weighted by molar-refractivity contribution is -0.549. The minimum absolute atomic E-state index is 0.0326. The highest BCUT2D eigenvalue weighted by Gasteiger charge is 2.71. The maximum Gasteiger partial charge on any atom is 0.246 e. The summed E-state index contributed by atoms with van der Waals surface area (Å²) < 4.78 is 6.55. The first-order valence-corrected chi connectivity index (χ1v) is 13.9. The molecule has 4 heterocycles. The van der Waals surface area contributed by atoms with E-state index in [1.54, 1.807) is 0 Å². The van der Waals surface area contributed by atoms with Crippen LogP contribution in [0.2, 0.25) is 0 Å². The molecule has 9 rings (SSSR count). The first-order valence-electron chi connectivity index (χ1n) is 13.9. The highest BCUT2D eigenvalue weighted by molar-refractivity contribution is 5.85. The van der Waals surface area contributed by atoms with Gasteiger partial charge in [0, 0.05) is 24.7 Å². The molecular weight excluding hydrogens is 432 g/mol. The molecule has 1 spiro atoms. The van der Waals surface area contributed by atoms with E-state index in [4.69, 9.17) is 14.5 Å². The van der Waals surface area contributed by atoms with Crippen molar-refractivity contribution in [2.45, 2.75) is 109 Å². The number of hydrogen-bond acceptors (Lipinski definition) is 5. The number of hydrogen-bond donors (Lipinski definition) is 1. The van der Waals surface area contributed by atoms with Crippen molar-refractivity contribution in [3.8, 4) is 0 Å². The zero-order valence-electron chi connectivity index (χ0n) is 20.9. The zero-order valence-corrected chi connectivity index (χ0v) is 20.9. The van der Waals surface area contributed by atoms with Crippen molar-refractivity contribution in [3.63, 3.8) is 0 Å². The average Bonchev–Trinajstić information content (AvgIpc) is 3.00. The summed E-state index contributed by atoms with van der Waals surface area (Å²) >= 11 is 0. The van der Waals surface area contributed by atoms with Crippen molar-refractivity contribution in [1.29, 1.82) is 0 Å². The molecular formula is C27H40N2O5. The minimum atomic E-state index is -0.901. The van der Waals surface area contributed by atoms with Crippen LogP contribution in [0.15, 0.2) is 0 Å². The maximum atomic E-state index is 13.7. The van der Waals surface area contributed by atoms with Gasteiger partial charge in [0.15, 0.2) is 11.8 Å². The lowest BCUT2D eigenvalue weighted by atomic mass is 9.49. The molecule has 0 aromatic carbocycles. The molecule has 9 aliphatic rings. The third-order valence-corrected chi connectivity index (χ3v) is 11.2. The molecule has 5 aliphatic carbocycles. The summed E-state index contributed by atoms with van der Waals surface area (Å²) in [4.78, 5) is 39.5. The number of nitrogens with zero attached hydrogens (tertiary/aromatic N) is 1. The molecule has 0 radical (unpaired) electrons. The monoisotopic (exact) mass is 472 g/mol. The number of ether oxygens (including phenoxy) is 1. The molecule has 7 atom stereocenters. The fourth-order valence-electron chi connectivity index (χ4n) is 10.2. The minimum Gasteiger partial charge on any atom is -0.319 e. The van der Waals surface area contributed by atoms with Gasteiger partial charge in [-0.3, -0.25) is 15.0 Å². The molecule has 34 heavy (non-hydrogen) atoms. The van der Waals surface area contributed by atoms with E-state index in [1.165, 1.54) is 43.5 Å². The lowest BCUT2D eigenvalue weighted by Gasteiger charge is -2.61. The van der Waals surface area contributed by atoms with E-state index in [0.717, 1.165) is 43.4 Å². The standard InChI is InChI=1S/C27H40N2O5/c1-15-4-5-21-16(2)23(31)29(24-27(21)20(15)6-7-25(3,32-24)33-34-27)28-22(30)14-26-11-17-8-18(12-26)10-19(9-17)13-26/h15-21,24H,4-14H2,1-3H3,(H,28,30)/t15-,16-,17?,18?,19?,20+,21+,24-,25?,26?,27-/m1/s1. The number of rotatable bonds is 3. The molecule has 4 aliphatic heterocycles. The Morgan fingerprint density at radius 3 is 2.35 bits per heavy atom. The Morgan fingerprint density at radius 2 is 1.68 bits per heavy atom. The molecule has 4 saturated heterocycles. The predicted octanol–water partition coefficient (Wildman–Crippen LogP) is 4.32. The van der Waals surface area contributed by atoms with E-state index in [-0.39, 0.29) is 35.0 Å². The smallest absolute Gasteiger partial charge is 0.246 e. The van der Waals surface area contributed by atoms with Crippen molar-refractivity contribution in [1.82, 2.24) is 10.4 Å². The number of nitrogens with one attached hydrogen (secondary N) is 1. The van der Waals surface area contributed by atoms with Crippen LogP contribution in [0.3, 0.4) is 0 Å². The van der Waals surface area contributed by atoms with Crippen LogP contribution in [-0.4, -0.2) is 34.4 Å². The fourth-order valence-corrected chi connectivity index (χ4v) is 10.2. The van der Waals surface area contributed by atoms with Crippen LogP contribution in [-0.2, 0) is 24.1 Å². The van der Waals surface area contributed by atoms with E-state index in [2.05, 4.69) is 12.3 Å². The molecule has 9 fully saturated rings. The third-order valence-electron chi connectivity index (χ3n) is 11.2. The molecule has 2 amide bonds. The van der Waals surface area contributed by atoms with Gasteiger partial charge in [-0.2, -0.15) is 0 Å².